The Morgan fingerprint density at radius 1 is 1.33 bits per heavy atom. The van der Waals surface area contributed by atoms with Crippen molar-refractivity contribution in [1.29, 1.82) is 0 Å². The molecule has 3 heteroatoms. The Hall–Kier alpha value is -0.573. The Kier molecular flexibility index (Phi) is 2.75. The molecule has 0 heterocycles. The molecule has 2 rings (SSSR count). The molecule has 0 radical (unpaired) electrons. The van der Waals surface area contributed by atoms with Crippen molar-refractivity contribution in [2.24, 2.45) is 17.8 Å². The first kappa shape index (κ1) is 10.9. The van der Waals surface area contributed by atoms with E-state index in [9.17, 15) is 4.79 Å². The molecule has 2 bridgehead atoms. The van der Waals surface area contributed by atoms with Crippen molar-refractivity contribution in [3.05, 3.63) is 12.2 Å². The van der Waals surface area contributed by atoms with Gasteiger partial charge in [0, 0.05) is 0 Å². The van der Waals surface area contributed by atoms with Crippen LogP contribution < -0.4 is 0 Å². The summed E-state index contributed by atoms with van der Waals surface area (Å²) in [6.45, 7) is 6.67. The van der Waals surface area contributed by atoms with Gasteiger partial charge in [-0.05, 0) is 24.7 Å². The molecule has 2 aliphatic rings. The summed E-state index contributed by atoms with van der Waals surface area (Å²) in [5.41, 5.74) is 0. The first-order chi connectivity index (χ1) is 6.96. The lowest BCUT2D eigenvalue weighted by Gasteiger charge is -2.20. The van der Waals surface area contributed by atoms with Crippen LogP contribution in [0.15, 0.2) is 12.2 Å². The number of fused-ring (bicyclic) bond motifs is 2. The lowest BCUT2D eigenvalue weighted by Crippen LogP contribution is -2.32. The average Bonchev–Trinajstić information content (AvgIpc) is 2.73. The lowest BCUT2D eigenvalue weighted by atomic mass is 9.94. The maximum absolute atomic E-state index is 11.8. The van der Waals surface area contributed by atoms with Crippen LogP contribution in [0.5, 0.6) is 0 Å². The molecule has 3 unspecified atom stereocenters. The van der Waals surface area contributed by atoms with Crippen LogP contribution in [0.25, 0.3) is 0 Å². The second-order valence-electron chi connectivity index (χ2n) is 6.06. The van der Waals surface area contributed by atoms with Crippen molar-refractivity contribution in [3.8, 4) is 0 Å². The van der Waals surface area contributed by atoms with Crippen LogP contribution in [0.4, 0.5) is 0 Å². The van der Waals surface area contributed by atoms with E-state index in [-0.39, 0.29) is 11.9 Å². The SMILES string of the molecule is C[Si](C)(C)COC(=O)C1CC2C=CC1C2. The van der Waals surface area contributed by atoms with Gasteiger partial charge in [-0.25, -0.2) is 0 Å². The quantitative estimate of drug-likeness (QED) is 0.418. The number of allylic oxidation sites excluding steroid dienone is 2. The zero-order valence-corrected chi connectivity index (χ0v) is 10.8. The fourth-order valence-electron chi connectivity index (χ4n) is 2.45. The standard InChI is InChI=1S/C12H20O2Si/c1-15(2,3)8-14-12(13)11-7-9-4-5-10(11)6-9/h4-5,9-11H,6-8H2,1-3H3. The monoisotopic (exact) mass is 224 g/mol. The summed E-state index contributed by atoms with van der Waals surface area (Å²) in [6.07, 6.45) is 7.32. The molecule has 0 N–H and O–H groups in total. The van der Waals surface area contributed by atoms with Crippen LogP contribution in [0.2, 0.25) is 19.6 Å². The van der Waals surface area contributed by atoms with E-state index in [4.69, 9.17) is 4.74 Å². The lowest BCUT2D eigenvalue weighted by molar-refractivity contribution is -0.147. The Balaban J connectivity index is 1.85. The minimum absolute atomic E-state index is 0.0503. The van der Waals surface area contributed by atoms with Gasteiger partial charge in [0.05, 0.1) is 20.2 Å². The molecular weight excluding hydrogens is 204 g/mol. The van der Waals surface area contributed by atoms with Crippen molar-refractivity contribution in [2.45, 2.75) is 32.5 Å². The molecule has 1 fully saturated rings. The third-order valence-corrected chi connectivity index (χ3v) is 4.24. The largest absolute Gasteiger partial charge is 0.469 e. The Morgan fingerprint density at radius 2 is 2.07 bits per heavy atom. The highest BCUT2D eigenvalue weighted by Gasteiger charge is 2.40. The maximum atomic E-state index is 11.8. The van der Waals surface area contributed by atoms with Crippen LogP contribution in [-0.2, 0) is 9.53 Å². The van der Waals surface area contributed by atoms with E-state index in [0.717, 1.165) is 6.42 Å². The van der Waals surface area contributed by atoms with Gasteiger partial charge in [-0.1, -0.05) is 31.8 Å². The van der Waals surface area contributed by atoms with Crippen LogP contribution in [0, 0.1) is 17.8 Å². The molecule has 0 aromatic heterocycles. The zero-order valence-electron chi connectivity index (χ0n) is 9.82. The van der Waals surface area contributed by atoms with Gasteiger partial charge in [-0.15, -0.1) is 0 Å². The summed E-state index contributed by atoms with van der Waals surface area (Å²) in [4.78, 5) is 11.8. The maximum Gasteiger partial charge on any atom is 0.309 e. The first-order valence-electron chi connectivity index (χ1n) is 5.81. The number of hydrogen-bond donors (Lipinski definition) is 0. The number of rotatable bonds is 3. The average molecular weight is 224 g/mol. The fraction of sp³-hybridized carbons (Fsp3) is 0.750. The van der Waals surface area contributed by atoms with Gasteiger partial charge in [0.25, 0.3) is 0 Å². The fourth-order valence-corrected chi connectivity index (χ4v) is 3.02. The first-order valence-corrected chi connectivity index (χ1v) is 9.51. The molecule has 0 amide bonds. The van der Waals surface area contributed by atoms with Gasteiger partial charge < -0.3 is 4.74 Å². The Bertz CT molecular complexity index is 290. The summed E-state index contributed by atoms with van der Waals surface area (Å²) in [6, 6.07) is 0. The van der Waals surface area contributed by atoms with Crippen molar-refractivity contribution in [2.75, 3.05) is 6.23 Å². The highest BCUT2D eigenvalue weighted by atomic mass is 28.3. The molecule has 84 valence electrons. The molecule has 15 heavy (non-hydrogen) atoms. The van der Waals surface area contributed by atoms with Crippen molar-refractivity contribution < 1.29 is 9.53 Å². The van der Waals surface area contributed by atoms with Crippen LogP contribution >= 0.6 is 0 Å². The van der Waals surface area contributed by atoms with Gasteiger partial charge in [0.1, 0.15) is 0 Å². The van der Waals surface area contributed by atoms with Crippen LogP contribution in [0.1, 0.15) is 12.8 Å². The molecule has 2 nitrogen and oxygen atoms in total. The number of ether oxygens (including phenoxy) is 1. The van der Waals surface area contributed by atoms with Gasteiger partial charge in [-0.3, -0.25) is 4.79 Å². The minimum atomic E-state index is -1.25. The summed E-state index contributed by atoms with van der Waals surface area (Å²) < 4.78 is 5.43. The Morgan fingerprint density at radius 3 is 2.53 bits per heavy atom. The van der Waals surface area contributed by atoms with Gasteiger partial charge >= 0.3 is 5.97 Å². The summed E-state index contributed by atoms with van der Waals surface area (Å²) >= 11 is 0. The summed E-state index contributed by atoms with van der Waals surface area (Å²) in [7, 11) is -1.25. The second-order valence-corrected chi connectivity index (χ2v) is 11.5. The third kappa shape index (κ3) is 2.51. The van der Waals surface area contributed by atoms with E-state index in [1.54, 1.807) is 0 Å². The predicted molar refractivity (Wildman–Crippen MR) is 63.1 cm³/mol. The van der Waals surface area contributed by atoms with Gasteiger partial charge in [0.2, 0.25) is 0 Å². The molecule has 0 aromatic rings. The normalized spacial score (nSPS) is 33.4. The number of esters is 1. The highest BCUT2D eigenvalue weighted by Crippen LogP contribution is 2.43. The third-order valence-electron chi connectivity index (χ3n) is 3.23. The van der Waals surface area contributed by atoms with Crippen LogP contribution in [-0.4, -0.2) is 20.3 Å². The van der Waals surface area contributed by atoms with Gasteiger partial charge in [-0.2, -0.15) is 0 Å². The van der Waals surface area contributed by atoms with Crippen molar-refractivity contribution in [3.63, 3.8) is 0 Å². The minimum Gasteiger partial charge on any atom is -0.469 e. The summed E-state index contributed by atoms with van der Waals surface area (Å²) in [5.74, 6) is 1.34. The molecule has 3 atom stereocenters. The molecule has 0 aliphatic heterocycles. The van der Waals surface area contributed by atoms with E-state index >= 15 is 0 Å². The van der Waals surface area contributed by atoms with Crippen molar-refractivity contribution in [1.82, 2.24) is 0 Å². The van der Waals surface area contributed by atoms with Crippen LogP contribution in [0.3, 0.4) is 0 Å². The molecule has 0 aromatic carbocycles. The number of carbonyl (C=O) groups excluding carboxylic acids is 1. The predicted octanol–water partition coefficient (Wildman–Crippen LogP) is 2.62. The van der Waals surface area contributed by atoms with Gasteiger partial charge in [0.15, 0.2) is 0 Å². The number of carbonyl (C=O) groups is 1. The molecular formula is C12H20O2Si. The second kappa shape index (κ2) is 3.78. The van der Waals surface area contributed by atoms with Crippen molar-refractivity contribution >= 4 is 14.0 Å². The highest BCUT2D eigenvalue weighted by molar-refractivity contribution is 6.76. The van der Waals surface area contributed by atoms with E-state index < -0.39 is 8.07 Å². The molecule has 0 spiro atoms. The number of hydrogen-bond acceptors (Lipinski definition) is 2. The summed E-state index contributed by atoms with van der Waals surface area (Å²) in [5, 5.41) is 0. The zero-order chi connectivity index (χ0) is 11.1. The topological polar surface area (TPSA) is 26.3 Å². The van der Waals surface area contributed by atoms with E-state index in [2.05, 4.69) is 31.8 Å². The smallest absolute Gasteiger partial charge is 0.309 e. The molecule has 2 aliphatic carbocycles. The van der Waals surface area contributed by atoms with E-state index in [0.29, 0.717) is 18.1 Å². The molecule has 1 saturated carbocycles. The molecule has 0 saturated heterocycles. The Labute approximate surface area is 92.7 Å². The van der Waals surface area contributed by atoms with E-state index in [1.807, 2.05) is 0 Å². The van der Waals surface area contributed by atoms with E-state index in [1.165, 1.54) is 6.42 Å².